The highest BCUT2D eigenvalue weighted by atomic mass is 19.3. The first-order chi connectivity index (χ1) is 16.7. The number of alkyl halides is 2. The Kier molecular flexibility index (Phi) is 7.89. The van der Waals surface area contributed by atoms with Gasteiger partial charge in [0.15, 0.2) is 6.23 Å². The molecule has 0 aliphatic carbocycles. The van der Waals surface area contributed by atoms with Crippen molar-refractivity contribution in [3.8, 4) is 5.75 Å². The van der Waals surface area contributed by atoms with Crippen LogP contribution < -0.4 is 16.0 Å². The summed E-state index contributed by atoms with van der Waals surface area (Å²) in [5, 5.41) is 3.51. The largest absolute Gasteiger partial charge is 0.497 e. The second-order valence-corrected chi connectivity index (χ2v) is 7.54. The van der Waals surface area contributed by atoms with Crippen LogP contribution in [0, 0.1) is 0 Å². The van der Waals surface area contributed by atoms with Gasteiger partial charge >= 0.3 is 17.8 Å². The molecule has 1 aromatic heterocycles. The van der Waals surface area contributed by atoms with Gasteiger partial charge in [0.25, 0.3) is 5.56 Å². The van der Waals surface area contributed by atoms with E-state index in [0.29, 0.717) is 11.3 Å². The van der Waals surface area contributed by atoms with Gasteiger partial charge in [-0.15, -0.1) is 0 Å². The van der Waals surface area contributed by atoms with Crippen LogP contribution in [-0.4, -0.2) is 53.7 Å². The van der Waals surface area contributed by atoms with E-state index in [2.05, 4.69) is 14.8 Å². The highest BCUT2D eigenvalue weighted by molar-refractivity contribution is 5.75. The summed E-state index contributed by atoms with van der Waals surface area (Å²) in [5.41, 5.74) is 8.02. The standard InChI is InChI=1S/C21H23F2N5O7/c1-4-14-16(25-26-24)17(35-21(22,23)19(30)33-3)18(34-14)27-10-9-15(29)28(20(27)31)11-12-5-7-13(32-2)8-6-12/h5-10,14,16-18H,4,11H2,1-3H3/t14-,16-,17-,18-/m1/s1. The third-order valence-electron chi connectivity index (χ3n) is 5.48. The molecule has 0 unspecified atom stereocenters. The number of methoxy groups -OCH3 is 2. The van der Waals surface area contributed by atoms with Gasteiger partial charge in [0, 0.05) is 17.2 Å². The topological polar surface area (TPSA) is 147 Å². The fourth-order valence-corrected chi connectivity index (χ4v) is 3.73. The van der Waals surface area contributed by atoms with Gasteiger partial charge < -0.3 is 18.9 Å². The van der Waals surface area contributed by atoms with Crippen LogP contribution in [0.25, 0.3) is 10.4 Å². The van der Waals surface area contributed by atoms with E-state index in [1.54, 1.807) is 31.2 Å². The molecular weight excluding hydrogens is 472 g/mol. The molecule has 2 aromatic rings. The molecule has 1 fully saturated rings. The van der Waals surface area contributed by atoms with E-state index in [9.17, 15) is 23.2 Å². The Hall–Kier alpha value is -3.74. The molecule has 0 N–H and O–H groups in total. The molecule has 14 heteroatoms. The summed E-state index contributed by atoms with van der Waals surface area (Å²) in [4.78, 5) is 39.9. The number of halogens is 2. The van der Waals surface area contributed by atoms with Crippen molar-refractivity contribution in [1.29, 1.82) is 0 Å². The molecule has 4 atom stereocenters. The van der Waals surface area contributed by atoms with Crippen molar-refractivity contribution in [2.24, 2.45) is 5.11 Å². The summed E-state index contributed by atoms with van der Waals surface area (Å²) < 4.78 is 50.1. The number of hydrogen-bond donors (Lipinski definition) is 0. The van der Waals surface area contributed by atoms with Gasteiger partial charge in [-0.1, -0.05) is 24.2 Å². The SMILES string of the molecule is CC[C@H]1O[C@@H](n2ccc(=O)n(Cc3ccc(OC)cc3)c2=O)[C@H](OC(F)(F)C(=O)OC)[C@@H]1N=[N+]=[N-]. The van der Waals surface area contributed by atoms with Gasteiger partial charge in [0.2, 0.25) is 0 Å². The minimum absolute atomic E-state index is 0.129. The van der Waals surface area contributed by atoms with E-state index in [0.717, 1.165) is 28.5 Å². The van der Waals surface area contributed by atoms with E-state index in [-0.39, 0.29) is 13.0 Å². The van der Waals surface area contributed by atoms with Crippen LogP contribution in [0.1, 0.15) is 25.1 Å². The van der Waals surface area contributed by atoms with Crippen molar-refractivity contribution < 1.29 is 32.5 Å². The molecule has 1 saturated heterocycles. The Morgan fingerprint density at radius 2 is 1.91 bits per heavy atom. The molecule has 12 nitrogen and oxygen atoms in total. The Balaban J connectivity index is 2.05. The van der Waals surface area contributed by atoms with Crippen molar-refractivity contribution in [1.82, 2.24) is 9.13 Å². The van der Waals surface area contributed by atoms with Crippen molar-refractivity contribution >= 4 is 5.97 Å². The number of carbonyl (C=O) groups is 1. The number of carbonyl (C=O) groups excluding carboxylic acids is 1. The Bertz CT molecular complexity index is 1220. The third kappa shape index (κ3) is 5.34. The molecule has 0 amide bonds. The normalized spacial score (nSPS) is 21.9. The molecule has 188 valence electrons. The molecule has 1 aliphatic rings. The molecule has 0 saturated carbocycles. The minimum Gasteiger partial charge on any atom is -0.497 e. The quantitative estimate of drug-likeness (QED) is 0.224. The first kappa shape index (κ1) is 25.9. The molecule has 35 heavy (non-hydrogen) atoms. The second-order valence-electron chi connectivity index (χ2n) is 7.54. The van der Waals surface area contributed by atoms with Crippen LogP contribution in [-0.2, 0) is 25.5 Å². The van der Waals surface area contributed by atoms with Crippen LogP contribution in [0.4, 0.5) is 8.78 Å². The lowest BCUT2D eigenvalue weighted by molar-refractivity contribution is -0.274. The molecule has 0 radical (unpaired) electrons. The average molecular weight is 495 g/mol. The molecule has 3 rings (SSSR count). The molecule has 0 spiro atoms. The lowest BCUT2D eigenvalue weighted by atomic mass is 10.1. The van der Waals surface area contributed by atoms with Crippen LogP contribution in [0.3, 0.4) is 0 Å². The number of nitrogens with zero attached hydrogens (tertiary/aromatic N) is 5. The average Bonchev–Trinajstić information content (AvgIpc) is 3.18. The summed E-state index contributed by atoms with van der Waals surface area (Å²) in [6.07, 6.45) is -7.35. The fraction of sp³-hybridized carbons (Fsp3) is 0.476. The van der Waals surface area contributed by atoms with Crippen molar-refractivity contribution in [2.75, 3.05) is 14.2 Å². The maximum atomic E-state index is 14.4. The van der Waals surface area contributed by atoms with E-state index in [1.807, 2.05) is 0 Å². The van der Waals surface area contributed by atoms with E-state index >= 15 is 0 Å². The van der Waals surface area contributed by atoms with Gasteiger partial charge in [-0.3, -0.25) is 13.9 Å². The number of aromatic nitrogens is 2. The number of esters is 1. The summed E-state index contributed by atoms with van der Waals surface area (Å²) in [5.74, 6) is -1.40. The van der Waals surface area contributed by atoms with Crippen molar-refractivity contribution in [3.63, 3.8) is 0 Å². The van der Waals surface area contributed by atoms with Gasteiger partial charge in [-0.2, -0.15) is 8.78 Å². The van der Waals surface area contributed by atoms with E-state index in [4.69, 9.17) is 19.7 Å². The van der Waals surface area contributed by atoms with Crippen molar-refractivity contribution in [2.45, 2.75) is 50.5 Å². The smallest absolute Gasteiger partial charge is 0.456 e. The molecule has 1 aromatic carbocycles. The van der Waals surface area contributed by atoms with E-state index in [1.165, 1.54) is 7.11 Å². The molecule has 1 aliphatic heterocycles. The fourth-order valence-electron chi connectivity index (χ4n) is 3.73. The lowest BCUT2D eigenvalue weighted by Gasteiger charge is -2.26. The van der Waals surface area contributed by atoms with Crippen LogP contribution in [0.5, 0.6) is 5.75 Å². The first-order valence-corrected chi connectivity index (χ1v) is 10.5. The Morgan fingerprint density at radius 3 is 2.49 bits per heavy atom. The van der Waals surface area contributed by atoms with E-state index < -0.39 is 47.8 Å². The summed E-state index contributed by atoms with van der Waals surface area (Å²) in [7, 11) is 2.24. The van der Waals surface area contributed by atoms with Gasteiger partial charge in [-0.25, -0.2) is 9.59 Å². The zero-order valence-electron chi connectivity index (χ0n) is 19.0. The van der Waals surface area contributed by atoms with Crippen molar-refractivity contribution in [3.05, 3.63) is 73.4 Å². The minimum atomic E-state index is -4.42. The molecule has 2 heterocycles. The predicted octanol–water partition coefficient (Wildman–Crippen LogP) is 2.20. The van der Waals surface area contributed by atoms with Crippen LogP contribution >= 0.6 is 0 Å². The number of benzene rings is 1. The second kappa shape index (κ2) is 10.7. The monoisotopic (exact) mass is 495 g/mol. The maximum absolute atomic E-state index is 14.4. The summed E-state index contributed by atoms with van der Waals surface area (Å²) >= 11 is 0. The predicted molar refractivity (Wildman–Crippen MR) is 116 cm³/mol. The van der Waals surface area contributed by atoms with Gasteiger partial charge in [0.05, 0.1) is 32.9 Å². The highest BCUT2D eigenvalue weighted by Crippen LogP contribution is 2.38. The zero-order valence-corrected chi connectivity index (χ0v) is 19.0. The number of hydrogen-bond acceptors (Lipinski definition) is 8. The lowest BCUT2D eigenvalue weighted by Crippen LogP contribution is -2.47. The third-order valence-corrected chi connectivity index (χ3v) is 5.48. The summed E-state index contributed by atoms with van der Waals surface area (Å²) in [6, 6.07) is 6.36. The number of ether oxygens (including phenoxy) is 4. The van der Waals surface area contributed by atoms with Gasteiger partial charge in [-0.05, 0) is 29.6 Å². The maximum Gasteiger partial charge on any atom is 0.456 e. The number of rotatable bonds is 9. The highest BCUT2D eigenvalue weighted by Gasteiger charge is 2.53. The Labute approximate surface area is 197 Å². The number of azide groups is 1. The molecular formula is C21H23F2N5O7. The first-order valence-electron chi connectivity index (χ1n) is 10.5. The van der Waals surface area contributed by atoms with Gasteiger partial charge in [0.1, 0.15) is 11.9 Å². The van der Waals surface area contributed by atoms with Crippen LogP contribution in [0.2, 0.25) is 0 Å². The Morgan fingerprint density at radius 1 is 1.23 bits per heavy atom. The summed E-state index contributed by atoms with van der Waals surface area (Å²) in [6.45, 7) is 1.52. The zero-order chi connectivity index (χ0) is 25.8. The van der Waals surface area contributed by atoms with Crippen LogP contribution in [0.15, 0.2) is 51.2 Å². The molecule has 0 bridgehead atoms.